The second-order valence-electron chi connectivity index (χ2n) is 8.18. The fraction of sp³-hybridized carbons (Fsp3) is 0.600. The van der Waals surface area contributed by atoms with Gasteiger partial charge in [0.05, 0.1) is 6.61 Å². The van der Waals surface area contributed by atoms with Crippen LogP contribution in [-0.4, -0.2) is 6.61 Å². The van der Waals surface area contributed by atoms with Crippen molar-refractivity contribution in [3.05, 3.63) is 42.0 Å². The lowest BCUT2D eigenvalue weighted by Crippen LogP contribution is -2.13. The molecule has 0 unspecified atom stereocenters. The Labute approximate surface area is 160 Å². The van der Waals surface area contributed by atoms with Gasteiger partial charge in [0.15, 0.2) is 0 Å². The van der Waals surface area contributed by atoms with Gasteiger partial charge in [-0.15, -0.1) is 0 Å². The van der Waals surface area contributed by atoms with Crippen molar-refractivity contribution in [1.29, 1.82) is 0 Å². The lowest BCUT2D eigenvalue weighted by molar-refractivity contribution is 0.303. The molecule has 1 aliphatic carbocycles. The van der Waals surface area contributed by atoms with Gasteiger partial charge in [-0.3, -0.25) is 0 Å². The first-order valence-corrected chi connectivity index (χ1v) is 11.0. The van der Waals surface area contributed by atoms with Crippen LogP contribution in [0, 0.1) is 5.92 Å². The van der Waals surface area contributed by atoms with Gasteiger partial charge in [0, 0.05) is 0 Å². The van der Waals surface area contributed by atoms with Crippen LogP contribution in [0.2, 0.25) is 0 Å². The molecular formula is C25H36O. The van der Waals surface area contributed by atoms with Gasteiger partial charge in [-0.05, 0) is 72.4 Å². The Balaban J connectivity index is 1.61. The first kappa shape index (κ1) is 19.3. The number of unbranched alkanes of at least 4 members (excludes halogenated alkanes) is 3. The number of fused-ring (bicyclic) bond motifs is 1. The van der Waals surface area contributed by atoms with Crippen molar-refractivity contribution in [2.24, 2.45) is 5.92 Å². The van der Waals surface area contributed by atoms with Crippen molar-refractivity contribution in [2.75, 3.05) is 6.61 Å². The van der Waals surface area contributed by atoms with E-state index in [-0.39, 0.29) is 0 Å². The number of hydrogen-bond acceptors (Lipinski definition) is 1. The summed E-state index contributed by atoms with van der Waals surface area (Å²) in [5.41, 5.74) is 1.54. The number of rotatable bonds is 9. The van der Waals surface area contributed by atoms with Gasteiger partial charge >= 0.3 is 0 Å². The van der Waals surface area contributed by atoms with Crippen molar-refractivity contribution < 1.29 is 4.74 Å². The van der Waals surface area contributed by atoms with Crippen LogP contribution in [0.25, 0.3) is 10.8 Å². The van der Waals surface area contributed by atoms with Crippen LogP contribution in [0.1, 0.15) is 89.5 Å². The second-order valence-corrected chi connectivity index (χ2v) is 8.18. The predicted octanol–water partition coefficient (Wildman–Crippen LogP) is 7.87. The molecule has 0 amide bonds. The Kier molecular flexibility index (Phi) is 7.41. The van der Waals surface area contributed by atoms with Crippen LogP contribution >= 0.6 is 0 Å². The molecule has 2 aromatic rings. The molecule has 2 aromatic carbocycles. The summed E-state index contributed by atoms with van der Waals surface area (Å²) >= 11 is 0. The second kappa shape index (κ2) is 10.00. The fourth-order valence-corrected chi connectivity index (χ4v) is 4.39. The highest BCUT2D eigenvalue weighted by atomic mass is 16.5. The quantitative estimate of drug-likeness (QED) is 0.417. The standard InChI is InChI=1S/C25H36O/c1-3-5-7-8-20-9-11-21(12-10-20)23-14-13-22-15-16-25(19-24(22)18-23)26-17-6-4-2/h13-16,18-21H,3-12,17H2,1-2H3. The largest absolute Gasteiger partial charge is 0.494 e. The molecule has 0 heterocycles. The van der Waals surface area contributed by atoms with Crippen molar-refractivity contribution in [2.45, 2.75) is 84.0 Å². The van der Waals surface area contributed by atoms with Crippen LogP contribution < -0.4 is 4.74 Å². The minimum absolute atomic E-state index is 0.756. The van der Waals surface area contributed by atoms with Gasteiger partial charge in [0.2, 0.25) is 0 Å². The molecule has 0 radical (unpaired) electrons. The first-order chi connectivity index (χ1) is 12.8. The summed E-state index contributed by atoms with van der Waals surface area (Å²) in [5, 5.41) is 2.66. The highest BCUT2D eigenvalue weighted by Crippen LogP contribution is 2.38. The maximum absolute atomic E-state index is 5.90. The zero-order valence-electron chi connectivity index (χ0n) is 16.8. The third-order valence-corrected chi connectivity index (χ3v) is 6.14. The van der Waals surface area contributed by atoms with E-state index in [0.29, 0.717) is 0 Å². The lowest BCUT2D eigenvalue weighted by atomic mass is 9.77. The van der Waals surface area contributed by atoms with Crippen molar-refractivity contribution in [3.63, 3.8) is 0 Å². The van der Waals surface area contributed by atoms with E-state index in [2.05, 4.69) is 50.2 Å². The van der Waals surface area contributed by atoms with Gasteiger partial charge in [-0.25, -0.2) is 0 Å². The highest BCUT2D eigenvalue weighted by molar-refractivity contribution is 5.84. The minimum Gasteiger partial charge on any atom is -0.494 e. The molecule has 0 N–H and O–H groups in total. The Morgan fingerprint density at radius 2 is 1.58 bits per heavy atom. The summed E-state index contributed by atoms with van der Waals surface area (Å²) in [4.78, 5) is 0. The average molecular weight is 353 g/mol. The van der Waals surface area contributed by atoms with Crippen LogP contribution in [0.3, 0.4) is 0 Å². The van der Waals surface area contributed by atoms with Crippen molar-refractivity contribution in [3.8, 4) is 5.75 Å². The Morgan fingerprint density at radius 1 is 0.808 bits per heavy atom. The Bertz CT molecular complexity index is 667. The third kappa shape index (κ3) is 5.25. The van der Waals surface area contributed by atoms with E-state index in [9.17, 15) is 0 Å². The average Bonchev–Trinajstić information content (AvgIpc) is 2.68. The van der Waals surface area contributed by atoms with Crippen molar-refractivity contribution in [1.82, 2.24) is 0 Å². The molecule has 0 atom stereocenters. The normalized spacial score (nSPS) is 20.4. The minimum atomic E-state index is 0.756. The molecule has 1 aliphatic rings. The Hall–Kier alpha value is -1.50. The lowest BCUT2D eigenvalue weighted by Gasteiger charge is -2.29. The fourth-order valence-electron chi connectivity index (χ4n) is 4.39. The van der Waals surface area contributed by atoms with Gasteiger partial charge in [-0.1, -0.05) is 70.2 Å². The van der Waals surface area contributed by atoms with Crippen LogP contribution in [0.5, 0.6) is 5.75 Å². The SMILES string of the molecule is CCCCCC1CCC(c2ccc3ccc(OCCCC)cc3c2)CC1. The zero-order valence-corrected chi connectivity index (χ0v) is 16.8. The first-order valence-electron chi connectivity index (χ1n) is 11.0. The molecule has 1 saturated carbocycles. The molecule has 1 nitrogen and oxygen atoms in total. The molecular weight excluding hydrogens is 316 g/mol. The summed E-state index contributed by atoms with van der Waals surface area (Å²) in [5.74, 6) is 2.76. The van der Waals surface area contributed by atoms with E-state index in [0.717, 1.165) is 30.6 Å². The van der Waals surface area contributed by atoms with Gasteiger partial charge < -0.3 is 4.74 Å². The smallest absolute Gasteiger partial charge is 0.119 e. The summed E-state index contributed by atoms with van der Waals surface area (Å²) in [7, 11) is 0. The molecule has 0 spiro atoms. The zero-order chi connectivity index (χ0) is 18.2. The van der Waals surface area contributed by atoms with E-state index >= 15 is 0 Å². The molecule has 1 fully saturated rings. The monoisotopic (exact) mass is 352 g/mol. The molecule has 142 valence electrons. The maximum atomic E-state index is 5.90. The predicted molar refractivity (Wildman–Crippen MR) is 113 cm³/mol. The van der Waals surface area contributed by atoms with Gasteiger partial charge in [0.25, 0.3) is 0 Å². The van der Waals surface area contributed by atoms with Gasteiger partial charge in [-0.2, -0.15) is 0 Å². The number of ether oxygens (including phenoxy) is 1. The van der Waals surface area contributed by atoms with E-state index < -0.39 is 0 Å². The maximum Gasteiger partial charge on any atom is 0.119 e. The van der Waals surface area contributed by atoms with Crippen LogP contribution in [-0.2, 0) is 0 Å². The van der Waals surface area contributed by atoms with E-state index in [4.69, 9.17) is 4.74 Å². The summed E-state index contributed by atoms with van der Waals surface area (Å²) in [6.07, 6.45) is 13.5. The van der Waals surface area contributed by atoms with E-state index in [1.54, 1.807) is 0 Å². The van der Waals surface area contributed by atoms with Crippen molar-refractivity contribution >= 4 is 10.8 Å². The summed E-state index contributed by atoms with van der Waals surface area (Å²) in [6, 6.07) is 13.6. The molecule has 1 heteroatoms. The molecule has 0 bridgehead atoms. The molecule has 26 heavy (non-hydrogen) atoms. The molecule has 0 aromatic heterocycles. The summed E-state index contributed by atoms with van der Waals surface area (Å²) in [6.45, 7) is 5.33. The number of benzene rings is 2. The van der Waals surface area contributed by atoms with Crippen LogP contribution in [0.15, 0.2) is 36.4 Å². The number of hydrogen-bond donors (Lipinski definition) is 0. The molecule has 3 rings (SSSR count). The summed E-state index contributed by atoms with van der Waals surface area (Å²) < 4.78 is 5.90. The van der Waals surface area contributed by atoms with Gasteiger partial charge in [0.1, 0.15) is 5.75 Å². The highest BCUT2D eigenvalue weighted by Gasteiger charge is 2.22. The molecule has 0 aliphatic heterocycles. The van der Waals surface area contributed by atoms with E-state index in [1.165, 1.54) is 74.1 Å². The molecule has 0 saturated heterocycles. The van der Waals surface area contributed by atoms with E-state index in [1.807, 2.05) is 0 Å². The topological polar surface area (TPSA) is 9.23 Å². The van der Waals surface area contributed by atoms with Crippen LogP contribution in [0.4, 0.5) is 0 Å². The Morgan fingerprint density at radius 3 is 2.35 bits per heavy atom. The third-order valence-electron chi connectivity index (χ3n) is 6.14.